The van der Waals surface area contributed by atoms with E-state index in [0.29, 0.717) is 0 Å². The van der Waals surface area contributed by atoms with Gasteiger partial charge in [-0.2, -0.15) is 7.82 Å². The summed E-state index contributed by atoms with van der Waals surface area (Å²) in [6, 6.07) is 0. The van der Waals surface area contributed by atoms with Gasteiger partial charge in [-0.25, -0.2) is 0 Å². The third-order valence-corrected chi connectivity index (χ3v) is 7.42. The van der Waals surface area contributed by atoms with Crippen molar-refractivity contribution >= 4 is 7.82 Å². The van der Waals surface area contributed by atoms with Crippen LogP contribution in [0.15, 0.2) is 0 Å². The second kappa shape index (κ2) is 27.2. The van der Waals surface area contributed by atoms with Crippen LogP contribution >= 0.6 is 7.82 Å². The lowest BCUT2D eigenvalue weighted by Gasteiger charge is -2.36. The van der Waals surface area contributed by atoms with Crippen molar-refractivity contribution in [3.05, 3.63) is 0 Å². The lowest BCUT2D eigenvalue weighted by atomic mass is 10.2. The normalized spacial score (nSPS) is 12.0. The van der Waals surface area contributed by atoms with E-state index in [1.807, 2.05) is 0 Å². The van der Waals surface area contributed by atoms with E-state index in [1.165, 1.54) is 130 Å². The topological polar surface area (TPSA) is 86.2 Å². The van der Waals surface area contributed by atoms with E-state index in [-0.39, 0.29) is 0 Å². The van der Waals surface area contributed by atoms with Crippen LogP contribution in [0.2, 0.25) is 0 Å². The average molecular weight is 570 g/mol. The standard InChI is InChI=1S/3C10H24N.H3O4P/c3*1-5-7-8-9-10-11(3,4)6-2;1-5(2,3)4/h3*5-10H2,1-4H3;(H3,1,2,3,4)/q3*+1;/p-3. The molecule has 0 fully saturated rings. The van der Waals surface area contributed by atoms with Crippen molar-refractivity contribution in [3.8, 4) is 0 Å². The molecule has 8 heteroatoms. The minimum atomic E-state index is -5.39. The van der Waals surface area contributed by atoms with Crippen LogP contribution in [-0.4, -0.2) is 95.0 Å². The summed E-state index contributed by atoms with van der Waals surface area (Å²) in [5.41, 5.74) is 0. The maximum absolute atomic E-state index is 8.55. The molecule has 0 saturated heterocycles. The van der Waals surface area contributed by atoms with Crippen molar-refractivity contribution in [2.75, 3.05) is 81.6 Å². The molecule has 0 heterocycles. The van der Waals surface area contributed by atoms with E-state index >= 15 is 0 Å². The summed E-state index contributed by atoms with van der Waals surface area (Å²) in [6.07, 6.45) is 16.7. The molecule has 0 spiro atoms. The number of hydrogen-bond donors (Lipinski definition) is 0. The van der Waals surface area contributed by atoms with E-state index in [0.717, 1.165) is 0 Å². The van der Waals surface area contributed by atoms with Crippen LogP contribution in [0.25, 0.3) is 0 Å². The van der Waals surface area contributed by atoms with Crippen molar-refractivity contribution in [1.82, 2.24) is 0 Å². The van der Waals surface area contributed by atoms with Gasteiger partial charge in [-0.15, -0.1) is 0 Å². The Morgan fingerprint density at radius 2 is 0.605 bits per heavy atom. The molecule has 0 aliphatic rings. The van der Waals surface area contributed by atoms with Gasteiger partial charge in [-0.1, -0.05) is 59.3 Å². The Morgan fingerprint density at radius 3 is 0.737 bits per heavy atom. The summed E-state index contributed by atoms with van der Waals surface area (Å²) in [5.74, 6) is 0. The summed E-state index contributed by atoms with van der Waals surface area (Å²) >= 11 is 0. The first-order valence-electron chi connectivity index (χ1n) is 15.6. The SMILES string of the molecule is CCCCCC[N+](C)(C)CC.CCCCCC[N+](C)(C)CC.CCCCCC[N+](C)(C)CC.O=P([O-])([O-])[O-]. The van der Waals surface area contributed by atoms with Crippen molar-refractivity contribution < 1.29 is 32.7 Å². The quantitative estimate of drug-likeness (QED) is 0.130. The van der Waals surface area contributed by atoms with Crippen LogP contribution < -0.4 is 14.7 Å². The molecule has 0 aliphatic carbocycles. The highest BCUT2D eigenvalue weighted by Gasteiger charge is 2.11. The van der Waals surface area contributed by atoms with Gasteiger partial charge in [0, 0.05) is 0 Å². The lowest BCUT2D eigenvalue weighted by molar-refractivity contribution is -0.888. The number of rotatable bonds is 18. The van der Waals surface area contributed by atoms with Crippen LogP contribution in [0, 0.1) is 0 Å². The summed E-state index contributed by atoms with van der Waals surface area (Å²) in [7, 11) is 8.48. The number of hydrogen-bond acceptors (Lipinski definition) is 4. The molecule has 236 valence electrons. The predicted molar refractivity (Wildman–Crippen MR) is 163 cm³/mol. The highest BCUT2D eigenvalue weighted by Crippen LogP contribution is 2.06. The first-order chi connectivity index (χ1) is 17.4. The third kappa shape index (κ3) is 49.0. The Bertz CT molecular complexity index is 458. The van der Waals surface area contributed by atoms with Crippen molar-refractivity contribution in [2.24, 2.45) is 0 Å². The molecule has 0 radical (unpaired) electrons. The maximum Gasteiger partial charge on any atom is 0.0782 e. The van der Waals surface area contributed by atoms with Crippen LogP contribution in [0.3, 0.4) is 0 Å². The Hall–Kier alpha value is -0.0100. The summed E-state index contributed by atoms with van der Waals surface area (Å²) < 4.78 is 12.1. The summed E-state index contributed by atoms with van der Waals surface area (Å²) in [4.78, 5) is 25.6. The van der Waals surface area contributed by atoms with Gasteiger partial charge in [0.15, 0.2) is 0 Å². The lowest BCUT2D eigenvalue weighted by Crippen LogP contribution is -2.39. The van der Waals surface area contributed by atoms with Gasteiger partial charge in [0.2, 0.25) is 0 Å². The van der Waals surface area contributed by atoms with E-state index in [4.69, 9.17) is 19.2 Å². The van der Waals surface area contributed by atoms with Gasteiger partial charge in [0.1, 0.15) is 0 Å². The second-order valence-electron chi connectivity index (χ2n) is 12.6. The molecule has 0 atom stereocenters. The molecule has 7 nitrogen and oxygen atoms in total. The molecule has 0 aromatic heterocycles. The van der Waals surface area contributed by atoms with E-state index < -0.39 is 7.82 Å². The fourth-order valence-electron chi connectivity index (χ4n) is 3.37. The first-order valence-corrected chi connectivity index (χ1v) is 17.0. The first kappa shape index (κ1) is 45.0. The molecule has 0 aliphatic heterocycles. The summed E-state index contributed by atoms with van der Waals surface area (Å²) in [5, 5.41) is 0. The molecule has 0 aromatic rings. The Labute approximate surface area is 240 Å². The highest BCUT2D eigenvalue weighted by atomic mass is 31.2. The van der Waals surface area contributed by atoms with Gasteiger partial charge in [-0.05, 0) is 59.3 Å². The third-order valence-electron chi connectivity index (χ3n) is 7.42. The van der Waals surface area contributed by atoms with E-state index in [1.54, 1.807) is 0 Å². The number of quaternary nitrogens is 3. The van der Waals surface area contributed by atoms with Gasteiger partial charge in [0.25, 0.3) is 0 Å². The highest BCUT2D eigenvalue weighted by molar-refractivity contribution is 7.40. The summed E-state index contributed by atoms with van der Waals surface area (Å²) in [6.45, 7) is 21.4. The fraction of sp³-hybridized carbons (Fsp3) is 1.00. The molecule has 0 amide bonds. The largest absolute Gasteiger partial charge is 0.822 e. The zero-order valence-corrected chi connectivity index (χ0v) is 29.0. The molecule has 38 heavy (non-hydrogen) atoms. The van der Waals surface area contributed by atoms with Gasteiger partial charge in [0.05, 0.1) is 81.6 Å². The van der Waals surface area contributed by atoms with Crippen LogP contribution in [0.4, 0.5) is 0 Å². The van der Waals surface area contributed by atoms with Crippen molar-refractivity contribution in [1.29, 1.82) is 0 Å². The molecule has 0 rings (SSSR count). The molecule has 0 aromatic carbocycles. The van der Waals surface area contributed by atoms with Gasteiger partial charge < -0.3 is 32.7 Å². The second-order valence-corrected chi connectivity index (χ2v) is 13.5. The zero-order chi connectivity index (χ0) is 30.7. The van der Waals surface area contributed by atoms with Crippen LogP contribution in [0.5, 0.6) is 0 Å². The number of nitrogens with zero attached hydrogens (tertiary/aromatic N) is 3. The monoisotopic (exact) mass is 570 g/mol. The fourth-order valence-corrected chi connectivity index (χ4v) is 3.37. The molecule has 0 N–H and O–H groups in total. The van der Waals surface area contributed by atoms with Crippen LogP contribution in [-0.2, 0) is 4.57 Å². The molecule has 0 saturated carbocycles. The van der Waals surface area contributed by atoms with Gasteiger partial charge >= 0.3 is 0 Å². The van der Waals surface area contributed by atoms with Crippen LogP contribution in [0.1, 0.15) is 119 Å². The minimum Gasteiger partial charge on any atom is -0.822 e. The smallest absolute Gasteiger partial charge is 0.0782 e. The van der Waals surface area contributed by atoms with Crippen molar-refractivity contribution in [2.45, 2.75) is 119 Å². The molecule has 0 unspecified atom stereocenters. The minimum absolute atomic E-state index is 1.18. The Kier molecular flexibility index (Phi) is 32.2. The van der Waals surface area contributed by atoms with Crippen molar-refractivity contribution in [3.63, 3.8) is 0 Å². The Balaban J connectivity index is -0.000000209. The maximum atomic E-state index is 8.55. The molecular weight excluding hydrogens is 497 g/mol. The predicted octanol–water partition coefficient (Wildman–Crippen LogP) is 5.16. The number of phosphoric acid groups is 1. The molecule has 0 bridgehead atoms. The Morgan fingerprint density at radius 1 is 0.421 bits per heavy atom. The average Bonchev–Trinajstić information content (AvgIpc) is 2.82. The number of unbranched alkanes of at least 4 members (excludes halogenated alkanes) is 9. The zero-order valence-electron chi connectivity index (χ0n) is 28.1. The molecular formula is C30H72N3O4P. The van der Waals surface area contributed by atoms with E-state index in [2.05, 4.69) is 83.8 Å². The van der Waals surface area contributed by atoms with E-state index in [9.17, 15) is 0 Å². The van der Waals surface area contributed by atoms with Gasteiger partial charge in [-0.3, -0.25) is 0 Å².